The Morgan fingerprint density at radius 1 is 1.35 bits per heavy atom. The number of rotatable bonds is 5. The van der Waals surface area contributed by atoms with Gasteiger partial charge in [-0.15, -0.1) is 0 Å². The zero-order valence-corrected chi connectivity index (χ0v) is 12.5. The van der Waals surface area contributed by atoms with Gasteiger partial charge in [0.2, 0.25) is 0 Å². The summed E-state index contributed by atoms with van der Waals surface area (Å²) in [6.45, 7) is 5.98. The van der Waals surface area contributed by atoms with Crippen molar-refractivity contribution < 1.29 is 4.79 Å². The van der Waals surface area contributed by atoms with Crippen molar-refractivity contribution in [2.75, 3.05) is 11.9 Å². The van der Waals surface area contributed by atoms with Crippen LogP contribution in [0.15, 0.2) is 22.7 Å². The van der Waals surface area contributed by atoms with E-state index in [2.05, 4.69) is 41.7 Å². The number of benzene rings is 1. The van der Waals surface area contributed by atoms with E-state index >= 15 is 0 Å². The fraction of sp³-hybridized carbons (Fsp3) is 0.500. The predicted molar refractivity (Wildman–Crippen MR) is 76.9 cm³/mol. The lowest BCUT2D eigenvalue weighted by molar-refractivity contribution is 0.101. The third kappa shape index (κ3) is 3.32. The Morgan fingerprint density at radius 2 is 1.94 bits per heavy atom. The summed E-state index contributed by atoms with van der Waals surface area (Å²) in [7, 11) is 2.10. The van der Waals surface area contributed by atoms with Gasteiger partial charge in [0.15, 0.2) is 5.78 Å². The number of carbonyl (C=O) groups is 1. The molecule has 2 nitrogen and oxygen atoms in total. The molecule has 0 spiro atoms. The van der Waals surface area contributed by atoms with Crippen LogP contribution in [0.2, 0.25) is 0 Å². The van der Waals surface area contributed by atoms with E-state index in [4.69, 9.17) is 0 Å². The molecule has 0 unspecified atom stereocenters. The van der Waals surface area contributed by atoms with E-state index in [-0.39, 0.29) is 5.78 Å². The molecule has 0 saturated heterocycles. The van der Waals surface area contributed by atoms with Crippen LogP contribution in [-0.4, -0.2) is 18.9 Å². The van der Waals surface area contributed by atoms with Crippen molar-refractivity contribution in [1.29, 1.82) is 0 Å². The van der Waals surface area contributed by atoms with Crippen LogP contribution in [0, 0.1) is 0 Å². The molecule has 1 aromatic rings. The molecule has 0 fully saturated rings. The van der Waals surface area contributed by atoms with Crippen molar-refractivity contribution in [2.45, 2.75) is 39.7 Å². The zero-order chi connectivity index (χ0) is 13.0. The molecule has 0 radical (unpaired) electrons. The first-order valence-electron chi connectivity index (χ1n) is 6.04. The predicted octanol–water partition coefficient (Wildman–Crippen LogP) is 4.28. The maximum Gasteiger partial charge on any atom is 0.159 e. The highest BCUT2D eigenvalue weighted by Gasteiger charge is 2.14. The molecule has 0 aromatic heterocycles. The van der Waals surface area contributed by atoms with Crippen LogP contribution in [0.4, 0.5) is 5.69 Å². The number of hydrogen-bond donors (Lipinski definition) is 0. The summed E-state index contributed by atoms with van der Waals surface area (Å²) >= 11 is 3.55. The van der Waals surface area contributed by atoms with Crippen LogP contribution >= 0.6 is 15.9 Å². The van der Waals surface area contributed by atoms with Crippen LogP contribution in [0.1, 0.15) is 44.0 Å². The minimum atomic E-state index is 0.0995. The molecule has 94 valence electrons. The van der Waals surface area contributed by atoms with Crippen LogP contribution in [0.5, 0.6) is 0 Å². The Hall–Kier alpha value is -0.830. The fourth-order valence-corrected chi connectivity index (χ4v) is 2.70. The Morgan fingerprint density at radius 3 is 2.35 bits per heavy atom. The molecule has 0 aliphatic heterocycles. The largest absolute Gasteiger partial charge is 0.371 e. The normalized spacial score (nSPS) is 10.7. The van der Waals surface area contributed by atoms with Crippen molar-refractivity contribution in [3.05, 3.63) is 28.2 Å². The van der Waals surface area contributed by atoms with Gasteiger partial charge >= 0.3 is 0 Å². The van der Waals surface area contributed by atoms with E-state index in [0.717, 1.165) is 28.6 Å². The maximum absolute atomic E-state index is 11.3. The first kappa shape index (κ1) is 14.2. The molecular weight excluding hydrogens is 278 g/mol. The molecule has 1 aromatic carbocycles. The van der Waals surface area contributed by atoms with Crippen molar-refractivity contribution in [3.63, 3.8) is 0 Å². The van der Waals surface area contributed by atoms with Crippen LogP contribution in [0.3, 0.4) is 0 Å². The Balaban J connectivity index is 3.03. The molecule has 0 N–H and O–H groups in total. The van der Waals surface area contributed by atoms with Crippen LogP contribution in [0.25, 0.3) is 0 Å². The standard InChI is InChI=1S/C14H20BrNO/c1-5-12(6-2)16(4)14-8-7-11(10(3)17)9-13(14)15/h7-9,12H,5-6H2,1-4H3. The van der Waals surface area contributed by atoms with Gasteiger partial charge in [-0.25, -0.2) is 0 Å². The van der Waals surface area contributed by atoms with Gasteiger partial charge in [-0.05, 0) is 53.9 Å². The van der Waals surface area contributed by atoms with Crippen molar-refractivity contribution in [3.8, 4) is 0 Å². The van der Waals surface area contributed by atoms with Gasteiger partial charge in [-0.3, -0.25) is 4.79 Å². The first-order valence-corrected chi connectivity index (χ1v) is 6.83. The second-order valence-electron chi connectivity index (χ2n) is 4.30. The summed E-state index contributed by atoms with van der Waals surface area (Å²) in [5.74, 6) is 0.0995. The highest BCUT2D eigenvalue weighted by atomic mass is 79.9. The number of anilines is 1. The third-order valence-electron chi connectivity index (χ3n) is 3.22. The molecule has 0 amide bonds. The van der Waals surface area contributed by atoms with Gasteiger partial charge in [0.05, 0.1) is 5.69 Å². The highest BCUT2D eigenvalue weighted by Crippen LogP contribution is 2.29. The smallest absolute Gasteiger partial charge is 0.159 e. The van der Waals surface area contributed by atoms with E-state index in [1.807, 2.05) is 18.2 Å². The Kier molecular flexibility index (Phi) is 5.19. The van der Waals surface area contributed by atoms with E-state index in [0.29, 0.717) is 6.04 Å². The first-order chi connectivity index (χ1) is 8.01. The van der Waals surface area contributed by atoms with Crippen LogP contribution < -0.4 is 4.90 Å². The maximum atomic E-state index is 11.3. The quantitative estimate of drug-likeness (QED) is 0.756. The molecule has 17 heavy (non-hydrogen) atoms. The number of Topliss-reactive ketones (excluding diaryl/α,β-unsaturated/α-hetero) is 1. The monoisotopic (exact) mass is 297 g/mol. The summed E-state index contributed by atoms with van der Waals surface area (Å²) in [6.07, 6.45) is 2.24. The molecule has 3 heteroatoms. The van der Waals surface area contributed by atoms with E-state index in [1.54, 1.807) is 6.92 Å². The van der Waals surface area contributed by atoms with E-state index in [1.165, 1.54) is 0 Å². The van der Waals surface area contributed by atoms with E-state index in [9.17, 15) is 4.79 Å². The molecule has 0 aliphatic rings. The Labute approximate surface area is 112 Å². The number of halogens is 1. The molecule has 0 atom stereocenters. The minimum absolute atomic E-state index is 0.0995. The topological polar surface area (TPSA) is 20.3 Å². The molecule has 0 bridgehead atoms. The second-order valence-corrected chi connectivity index (χ2v) is 5.16. The SMILES string of the molecule is CCC(CC)N(C)c1ccc(C(C)=O)cc1Br. The number of carbonyl (C=O) groups excluding carboxylic acids is 1. The molecular formula is C14H20BrNO. The number of nitrogens with zero attached hydrogens (tertiary/aromatic N) is 1. The van der Waals surface area contributed by atoms with Crippen LogP contribution in [-0.2, 0) is 0 Å². The zero-order valence-electron chi connectivity index (χ0n) is 11.0. The summed E-state index contributed by atoms with van der Waals surface area (Å²) in [5.41, 5.74) is 1.89. The average molecular weight is 298 g/mol. The third-order valence-corrected chi connectivity index (χ3v) is 3.86. The number of ketones is 1. The average Bonchev–Trinajstić information content (AvgIpc) is 2.30. The van der Waals surface area contributed by atoms with Gasteiger partial charge in [0.1, 0.15) is 0 Å². The molecule has 0 aliphatic carbocycles. The van der Waals surface area contributed by atoms with Gasteiger partial charge in [-0.1, -0.05) is 13.8 Å². The lowest BCUT2D eigenvalue weighted by Gasteiger charge is -2.29. The molecule has 0 saturated carbocycles. The van der Waals surface area contributed by atoms with Crippen molar-refractivity contribution in [2.24, 2.45) is 0 Å². The lowest BCUT2D eigenvalue weighted by atomic mass is 10.1. The summed E-state index contributed by atoms with van der Waals surface area (Å²) in [5, 5.41) is 0. The van der Waals surface area contributed by atoms with Gasteiger partial charge in [0, 0.05) is 23.1 Å². The number of hydrogen-bond acceptors (Lipinski definition) is 2. The van der Waals surface area contributed by atoms with E-state index < -0.39 is 0 Å². The van der Waals surface area contributed by atoms with Gasteiger partial charge < -0.3 is 4.90 Å². The summed E-state index contributed by atoms with van der Waals surface area (Å²) < 4.78 is 0.986. The summed E-state index contributed by atoms with van der Waals surface area (Å²) in [4.78, 5) is 13.6. The fourth-order valence-electron chi connectivity index (χ4n) is 2.05. The molecule has 1 rings (SSSR count). The summed E-state index contributed by atoms with van der Waals surface area (Å²) in [6, 6.07) is 6.34. The van der Waals surface area contributed by atoms with Gasteiger partial charge in [-0.2, -0.15) is 0 Å². The second kappa shape index (κ2) is 6.20. The Bertz CT molecular complexity index is 399. The van der Waals surface area contributed by atoms with Crippen molar-refractivity contribution >= 4 is 27.4 Å². The molecule has 0 heterocycles. The highest BCUT2D eigenvalue weighted by molar-refractivity contribution is 9.10. The lowest BCUT2D eigenvalue weighted by Crippen LogP contribution is -2.30. The van der Waals surface area contributed by atoms with Crippen molar-refractivity contribution in [1.82, 2.24) is 0 Å². The van der Waals surface area contributed by atoms with Gasteiger partial charge in [0.25, 0.3) is 0 Å². The minimum Gasteiger partial charge on any atom is -0.371 e.